The lowest BCUT2D eigenvalue weighted by atomic mass is 9.88. The number of aromatic amines is 2. The molecule has 0 atom stereocenters. The fraction of sp³-hybridized carbons (Fsp3) is 0.444. The van der Waals surface area contributed by atoms with Crippen LogP contribution in [0.4, 0.5) is 5.69 Å². The van der Waals surface area contributed by atoms with Crippen molar-refractivity contribution in [3.63, 3.8) is 0 Å². The summed E-state index contributed by atoms with van der Waals surface area (Å²) in [6, 6.07) is 6.33. The van der Waals surface area contributed by atoms with Gasteiger partial charge in [-0.25, -0.2) is 9.97 Å². The van der Waals surface area contributed by atoms with E-state index in [2.05, 4.69) is 44.2 Å². The molecule has 0 saturated carbocycles. The van der Waals surface area contributed by atoms with Crippen LogP contribution in [-0.4, -0.2) is 69.3 Å². The summed E-state index contributed by atoms with van der Waals surface area (Å²) in [4.78, 5) is 30.8. The van der Waals surface area contributed by atoms with Crippen molar-refractivity contribution in [2.45, 2.75) is 32.1 Å². The standard InChI is InChI=1S/C27H34ClN7O2/c1-17-14-19(18-6-10-35(11-7-18)12-13-37-3)15-22-24(17)33-26(32-22)23-20(4-9-30-27(23)36)29-8-5-21-25(28)34(2)16-31-21/h4,9,14-16,18H,5-8,10-13H2,1-3H3,(H,32,33)(H2,29,30,36). The van der Waals surface area contributed by atoms with Gasteiger partial charge in [-0.05, 0) is 62.0 Å². The van der Waals surface area contributed by atoms with E-state index in [-0.39, 0.29) is 5.56 Å². The number of aryl methyl sites for hydroxylation is 2. The van der Waals surface area contributed by atoms with Crippen LogP contribution in [0.15, 0.2) is 35.5 Å². The number of methoxy groups -OCH3 is 1. The summed E-state index contributed by atoms with van der Waals surface area (Å²) in [6.45, 7) is 6.60. The molecule has 1 aliphatic rings. The number of anilines is 1. The van der Waals surface area contributed by atoms with Crippen molar-refractivity contribution in [3.8, 4) is 11.4 Å². The Bertz CT molecular complexity index is 1430. The van der Waals surface area contributed by atoms with Gasteiger partial charge >= 0.3 is 0 Å². The highest BCUT2D eigenvalue weighted by Gasteiger charge is 2.22. The van der Waals surface area contributed by atoms with Crippen LogP contribution in [0.2, 0.25) is 5.15 Å². The van der Waals surface area contributed by atoms with Gasteiger partial charge in [0.15, 0.2) is 0 Å². The third kappa shape index (κ3) is 5.44. The van der Waals surface area contributed by atoms with Gasteiger partial charge < -0.3 is 29.5 Å². The Balaban J connectivity index is 1.36. The van der Waals surface area contributed by atoms with Crippen LogP contribution >= 0.6 is 11.6 Å². The number of aromatic nitrogens is 5. The number of imidazole rings is 2. The summed E-state index contributed by atoms with van der Waals surface area (Å²) >= 11 is 6.29. The van der Waals surface area contributed by atoms with E-state index in [4.69, 9.17) is 21.3 Å². The quantitative estimate of drug-likeness (QED) is 0.305. The van der Waals surface area contributed by atoms with Gasteiger partial charge in [0, 0.05) is 39.9 Å². The normalized spacial score (nSPS) is 15.0. The molecular weight excluding hydrogens is 490 g/mol. The van der Waals surface area contributed by atoms with Crippen molar-refractivity contribution < 1.29 is 4.74 Å². The second-order valence-electron chi connectivity index (χ2n) is 9.79. The van der Waals surface area contributed by atoms with Crippen molar-refractivity contribution in [3.05, 3.63) is 63.1 Å². The van der Waals surface area contributed by atoms with Crippen molar-refractivity contribution >= 4 is 28.3 Å². The highest BCUT2D eigenvalue weighted by Crippen LogP contribution is 2.33. The summed E-state index contributed by atoms with van der Waals surface area (Å²) in [5.41, 5.74) is 6.14. The number of nitrogens with zero attached hydrogens (tertiary/aromatic N) is 4. The number of H-pyrrole nitrogens is 2. The Kier molecular flexibility index (Phi) is 7.64. The molecule has 0 spiro atoms. The van der Waals surface area contributed by atoms with Crippen LogP contribution in [0.5, 0.6) is 0 Å². The predicted octanol–water partition coefficient (Wildman–Crippen LogP) is 4.09. The summed E-state index contributed by atoms with van der Waals surface area (Å²) in [5, 5.41) is 4.00. The number of halogens is 1. The molecule has 3 aromatic heterocycles. The molecule has 1 fully saturated rings. The summed E-state index contributed by atoms with van der Waals surface area (Å²) in [5.74, 6) is 1.08. The van der Waals surface area contributed by atoms with Gasteiger partial charge in [0.2, 0.25) is 0 Å². The Hall–Kier alpha value is -3.14. The highest BCUT2D eigenvalue weighted by atomic mass is 35.5. The molecule has 0 unspecified atom stereocenters. The van der Waals surface area contributed by atoms with E-state index in [0.29, 0.717) is 35.4 Å². The van der Waals surface area contributed by atoms with Gasteiger partial charge in [-0.15, -0.1) is 0 Å². The molecule has 0 aliphatic carbocycles. The zero-order valence-electron chi connectivity index (χ0n) is 21.6. The number of hydrogen-bond acceptors (Lipinski definition) is 6. The highest BCUT2D eigenvalue weighted by molar-refractivity contribution is 6.30. The molecule has 1 saturated heterocycles. The van der Waals surface area contributed by atoms with E-state index >= 15 is 0 Å². The number of rotatable bonds is 9. The summed E-state index contributed by atoms with van der Waals surface area (Å²) < 4.78 is 7.02. The largest absolute Gasteiger partial charge is 0.384 e. The minimum atomic E-state index is -0.193. The van der Waals surface area contributed by atoms with Gasteiger partial charge in [0.1, 0.15) is 16.5 Å². The number of hydrogen-bond donors (Lipinski definition) is 3. The molecule has 37 heavy (non-hydrogen) atoms. The molecule has 0 radical (unpaired) electrons. The van der Waals surface area contributed by atoms with Crippen LogP contribution in [0, 0.1) is 6.92 Å². The zero-order valence-corrected chi connectivity index (χ0v) is 22.4. The summed E-state index contributed by atoms with van der Waals surface area (Å²) in [6.07, 6.45) is 6.24. The second-order valence-corrected chi connectivity index (χ2v) is 10.2. The van der Waals surface area contributed by atoms with Gasteiger partial charge in [0.05, 0.1) is 35.3 Å². The summed E-state index contributed by atoms with van der Waals surface area (Å²) in [7, 11) is 3.62. The fourth-order valence-electron chi connectivity index (χ4n) is 5.19. The van der Waals surface area contributed by atoms with E-state index in [1.807, 2.05) is 13.1 Å². The molecule has 4 aromatic rings. The Morgan fingerprint density at radius 1 is 1.27 bits per heavy atom. The van der Waals surface area contributed by atoms with Crippen molar-refractivity contribution in [2.75, 3.05) is 45.2 Å². The van der Waals surface area contributed by atoms with Crippen LogP contribution in [0.3, 0.4) is 0 Å². The number of piperidine rings is 1. The zero-order chi connectivity index (χ0) is 25.9. The molecular formula is C27H34ClN7O2. The van der Waals surface area contributed by atoms with Gasteiger partial charge in [-0.1, -0.05) is 17.7 Å². The third-order valence-corrected chi connectivity index (χ3v) is 7.76. The lowest BCUT2D eigenvalue weighted by Crippen LogP contribution is -2.35. The molecule has 0 bridgehead atoms. The molecule has 1 aromatic carbocycles. The molecule has 0 amide bonds. The Labute approximate surface area is 221 Å². The Morgan fingerprint density at radius 2 is 2.08 bits per heavy atom. The third-order valence-electron chi connectivity index (χ3n) is 7.28. The number of nitrogens with one attached hydrogen (secondary N) is 3. The lowest BCUT2D eigenvalue weighted by Gasteiger charge is -2.32. The maximum Gasteiger partial charge on any atom is 0.261 e. The monoisotopic (exact) mass is 523 g/mol. The molecule has 10 heteroatoms. The Morgan fingerprint density at radius 3 is 2.81 bits per heavy atom. The van der Waals surface area contributed by atoms with E-state index < -0.39 is 0 Å². The second kappa shape index (κ2) is 11.1. The number of ether oxygens (including phenoxy) is 1. The van der Waals surface area contributed by atoms with E-state index in [9.17, 15) is 4.79 Å². The smallest absolute Gasteiger partial charge is 0.261 e. The first kappa shape index (κ1) is 25.5. The van der Waals surface area contributed by atoms with Gasteiger partial charge in [-0.2, -0.15) is 0 Å². The average molecular weight is 524 g/mol. The number of fused-ring (bicyclic) bond motifs is 1. The first-order valence-electron chi connectivity index (χ1n) is 12.8. The van der Waals surface area contributed by atoms with Crippen molar-refractivity contribution in [1.29, 1.82) is 0 Å². The molecule has 196 valence electrons. The topological polar surface area (TPSA) is 104 Å². The number of pyridine rings is 1. The minimum absolute atomic E-state index is 0.193. The molecule has 3 N–H and O–H groups in total. The lowest BCUT2D eigenvalue weighted by molar-refractivity contribution is 0.130. The van der Waals surface area contributed by atoms with Crippen LogP contribution < -0.4 is 10.9 Å². The van der Waals surface area contributed by atoms with E-state index in [0.717, 1.165) is 67.1 Å². The fourth-order valence-corrected chi connectivity index (χ4v) is 5.38. The SMILES string of the molecule is COCCN1CCC(c2cc(C)c3nc(-c4c(NCCc5ncn(C)c5Cl)cc[nH]c4=O)[nH]c3c2)CC1. The maximum atomic E-state index is 12.9. The van der Waals surface area contributed by atoms with Crippen LogP contribution in [0.25, 0.3) is 22.4 Å². The number of benzene rings is 1. The molecule has 5 rings (SSSR count). The molecule has 1 aliphatic heterocycles. The van der Waals surface area contributed by atoms with E-state index in [1.54, 1.807) is 24.2 Å². The van der Waals surface area contributed by atoms with Crippen molar-refractivity contribution in [2.24, 2.45) is 7.05 Å². The average Bonchev–Trinajstić information content (AvgIpc) is 3.46. The van der Waals surface area contributed by atoms with Crippen LogP contribution in [-0.2, 0) is 18.2 Å². The van der Waals surface area contributed by atoms with Crippen LogP contribution in [0.1, 0.15) is 35.6 Å². The number of likely N-dealkylation sites (tertiary alicyclic amines) is 1. The van der Waals surface area contributed by atoms with Gasteiger partial charge in [0.25, 0.3) is 5.56 Å². The first-order valence-corrected chi connectivity index (χ1v) is 13.2. The minimum Gasteiger partial charge on any atom is -0.384 e. The molecule has 9 nitrogen and oxygen atoms in total. The van der Waals surface area contributed by atoms with E-state index in [1.165, 1.54) is 5.56 Å². The van der Waals surface area contributed by atoms with Gasteiger partial charge in [-0.3, -0.25) is 4.79 Å². The van der Waals surface area contributed by atoms with Crippen molar-refractivity contribution in [1.82, 2.24) is 29.4 Å². The first-order chi connectivity index (χ1) is 17.9. The predicted molar refractivity (Wildman–Crippen MR) is 148 cm³/mol. The molecule has 4 heterocycles. The maximum absolute atomic E-state index is 12.9.